The molecular formula is C16H23NO5. The third kappa shape index (κ3) is 5.83. The number of ether oxygens (including phenoxy) is 1. The number of hydroxylamine groups is 1. The normalized spacial score (nSPS) is 13.6. The molecule has 0 bridgehead atoms. The molecular weight excluding hydrogens is 286 g/mol. The second-order valence-electron chi connectivity index (χ2n) is 5.47. The largest absolute Gasteiger partial charge is 0.481 e. The van der Waals surface area contributed by atoms with E-state index in [4.69, 9.17) is 9.57 Å². The number of amides is 1. The number of carbonyl (C=O) groups is 2. The molecule has 0 aliphatic rings. The van der Waals surface area contributed by atoms with Crippen molar-refractivity contribution in [1.29, 1.82) is 0 Å². The van der Waals surface area contributed by atoms with Gasteiger partial charge in [-0.3, -0.25) is 14.4 Å². The maximum Gasteiger partial charge on any atom is 0.309 e. The Morgan fingerprint density at radius 2 is 1.86 bits per heavy atom. The van der Waals surface area contributed by atoms with Gasteiger partial charge in [-0.15, -0.1) is 0 Å². The molecule has 0 saturated heterocycles. The highest BCUT2D eigenvalue weighted by atomic mass is 16.7. The van der Waals surface area contributed by atoms with Gasteiger partial charge in [-0.2, -0.15) is 0 Å². The fraction of sp³-hybridized carbons (Fsp3) is 0.500. The van der Waals surface area contributed by atoms with Gasteiger partial charge in [-0.1, -0.05) is 44.2 Å². The molecule has 6 heteroatoms. The average Bonchev–Trinajstić information content (AvgIpc) is 2.47. The summed E-state index contributed by atoms with van der Waals surface area (Å²) in [4.78, 5) is 28.5. The Labute approximate surface area is 130 Å². The first kappa shape index (κ1) is 18.1. The van der Waals surface area contributed by atoms with Gasteiger partial charge in [-0.25, -0.2) is 5.48 Å². The second-order valence-corrected chi connectivity index (χ2v) is 5.47. The average molecular weight is 309 g/mol. The number of nitrogens with one attached hydrogen (secondary N) is 1. The van der Waals surface area contributed by atoms with Crippen LogP contribution in [-0.2, 0) is 25.8 Å². The Bertz CT molecular complexity index is 475. The minimum absolute atomic E-state index is 0.136. The standard InChI is InChI=1S/C16H23NO5/c1-11(2)9-13(16(19)20)14(21-3)15(18)17-22-10-12-7-5-4-6-8-12/h4-8,11,13-14H,9-10H2,1-3H3,(H,17,18)(H,19,20)/t13?,14-/m0/s1. The van der Waals surface area contributed by atoms with E-state index in [0.29, 0.717) is 6.42 Å². The van der Waals surface area contributed by atoms with Crippen LogP contribution in [0, 0.1) is 11.8 Å². The number of hydrogen-bond acceptors (Lipinski definition) is 4. The Kier molecular flexibility index (Phi) is 7.56. The topological polar surface area (TPSA) is 84.9 Å². The van der Waals surface area contributed by atoms with Crippen LogP contribution in [0.5, 0.6) is 0 Å². The van der Waals surface area contributed by atoms with E-state index < -0.39 is 23.9 Å². The molecule has 0 aliphatic carbocycles. The molecule has 0 heterocycles. The minimum atomic E-state index is -1.09. The van der Waals surface area contributed by atoms with Crippen LogP contribution in [0.3, 0.4) is 0 Å². The molecule has 1 rings (SSSR count). The predicted octanol–water partition coefficient (Wildman–Crippen LogP) is 2.00. The number of hydrogen-bond donors (Lipinski definition) is 2. The van der Waals surface area contributed by atoms with Crippen LogP contribution in [0.2, 0.25) is 0 Å². The van der Waals surface area contributed by atoms with Gasteiger partial charge in [0.1, 0.15) is 0 Å². The first-order valence-electron chi connectivity index (χ1n) is 7.16. The molecule has 1 aromatic carbocycles. The van der Waals surface area contributed by atoms with E-state index in [9.17, 15) is 14.7 Å². The van der Waals surface area contributed by atoms with Crippen LogP contribution in [-0.4, -0.2) is 30.2 Å². The van der Waals surface area contributed by atoms with Gasteiger partial charge in [0.15, 0.2) is 6.10 Å². The van der Waals surface area contributed by atoms with E-state index in [0.717, 1.165) is 5.56 Å². The number of carboxylic acid groups (broad SMARTS) is 1. The Balaban J connectivity index is 2.57. The van der Waals surface area contributed by atoms with Crippen molar-refractivity contribution in [3.05, 3.63) is 35.9 Å². The summed E-state index contributed by atoms with van der Waals surface area (Å²) in [6.45, 7) is 3.99. The smallest absolute Gasteiger partial charge is 0.309 e. The van der Waals surface area contributed by atoms with Gasteiger partial charge >= 0.3 is 5.97 Å². The van der Waals surface area contributed by atoms with Gasteiger partial charge in [0.2, 0.25) is 0 Å². The van der Waals surface area contributed by atoms with E-state index in [2.05, 4.69) is 5.48 Å². The maximum absolute atomic E-state index is 12.1. The van der Waals surface area contributed by atoms with Crippen molar-refractivity contribution in [2.45, 2.75) is 33.0 Å². The summed E-state index contributed by atoms with van der Waals surface area (Å²) in [5, 5.41) is 9.28. The van der Waals surface area contributed by atoms with Crippen molar-refractivity contribution in [3.8, 4) is 0 Å². The van der Waals surface area contributed by atoms with Crippen LogP contribution in [0.25, 0.3) is 0 Å². The Hall–Kier alpha value is -1.92. The molecule has 0 fully saturated rings. The van der Waals surface area contributed by atoms with Gasteiger partial charge in [0, 0.05) is 7.11 Å². The molecule has 122 valence electrons. The second kappa shape index (κ2) is 9.17. The van der Waals surface area contributed by atoms with Gasteiger partial charge in [-0.05, 0) is 17.9 Å². The predicted molar refractivity (Wildman–Crippen MR) is 80.8 cm³/mol. The SMILES string of the molecule is CO[C@H](C(=O)NOCc1ccccc1)C(CC(C)C)C(=O)O. The zero-order valence-electron chi connectivity index (χ0n) is 13.1. The van der Waals surface area contributed by atoms with Gasteiger partial charge in [0.05, 0.1) is 12.5 Å². The van der Waals surface area contributed by atoms with Crippen molar-refractivity contribution in [2.75, 3.05) is 7.11 Å². The summed E-state index contributed by atoms with van der Waals surface area (Å²) in [5.41, 5.74) is 3.16. The van der Waals surface area contributed by atoms with E-state index in [-0.39, 0.29) is 12.5 Å². The number of rotatable bonds is 9. The molecule has 1 unspecified atom stereocenters. The van der Waals surface area contributed by atoms with E-state index in [1.54, 1.807) is 0 Å². The fourth-order valence-electron chi connectivity index (χ4n) is 2.14. The Morgan fingerprint density at radius 3 is 2.36 bits per heavy atom. The number of methoxy groups -OCH3 is 1. The van der Waals surface area contributed by atoms with E-state index >= 15 is 0 Å². The molecule has 0 saturated carbocycles. The Morgan fingerprint density at radius 1 is 1.23 bits per heavy atom. The van der Waals surface area contributed by atoms with Crippen LogP contribution in [0.1, 0.15) is 25.8 Å². The molecule has 22 heavy (non-hydrogen) atoms. The quantitative estimate of drug-likeness (QED) is 0.682. The monoisotopic (exact) mass is 309 g/mol. The lowest BCUT2D eigenvalue weighted by Crippen LogP contribution is -2.44. The fourth-order valence-corrected chi connectivity index (χ4v) is 2.14. The van der Waals surface area contributed by atoms with Crippen LogP contribution in [0.4, 0.5) is 0 Å². The zero-order valence-corrected chi connectivity index (χ0v) is 13.1. The highest BCUT2D eigenvalue weighted by molar-refractivity contribution is 5.86. The van der Waals surface area contributed by atoms with Crippen LogP contribution < -0.4 is 5.48 Å². The third-order valence-electron chi connectivity index (χ3n) is 3.17. The van der Waals surface area contributed by atoms with Crippen LogP contribution >= 0.6 is 0 Å². The van der Waals surface area contributed by atoms with Crippen molar-refractivity contribution in [1.82, 2.24) is 5.48 Å². The summed E-state index contributed by atoms with van der Waals surface area (Å²) in [6, 6.07) is 9.33. The van der Waals surface area contributed by atoms with Gasteiger partial charge in [0.25, 0.3) is 5.91 Å². The van der Waals surface area contributed by atoms with Crippen molar-refractivity contribution in [3.63, 3.8) is 0 Å². The highest BCUT2D eigenvalue weighted by Gasteiger charge is 2.34. The molecule has 6 nitrogen and oxygen atoms in total. The summed E-state index contributed by atoms with van der Waals surface area (Å²) in [7, 11) is 1.32. The highest BCUT2D eigenvalue weighted by Crippen LogP contribution is 2.18. The zero-order chi connectivity index (χ0) is 16.5. The summed E-state index contributed by atoms with van der Waals surface area (Å²) < 4.78 is 5.07. The van der Waals surface area contributed by atoms with Crippen molar-refractivity contribution >= 4 is 11.9 Å². The molecule has 2 N–H and O–H groups in total. The molecule has 1 aromatic rings. The molecule has 0 aromatic heterocycles. The van der Waals surface area contributed by atoms with E-state index in [1.807, 2.05) is 44.2 Å². The number of aliphatic carboxylic acids is 1. The number of carbonyl (C=O) groups excluding carboxylic acids is 1. The maximum atomic E-state index is 12.1. The minimum Gasteiger partial charge on any atom is -0.481 e. The molecule has 0 spiro atoms. The molecule has 0 aliphatic heterocycles. The van der Waals surface area contributed by atoms with Crippen LogP contribution in [0.15, 0.2) is 30.3 Å². The lowest BCUT2D eigenvalue weighted by molar-refractivity contribution is -0.159. The lowest BCUT2D eigenvalue weighted by Gasteiger charge is -2.23. The molecule has 1 amide bonds. The summed E-state index contributed by atoms with van der Waals surface area (Å²) >= 11 is 0. The molecule has 2 atom stereocenters. The third-order valence-corrected chi connectivity index (χ3v) is 3.17. The lowest BCUT2D eigenvalue weighted by atomic mass is 9.91. The first-order valence-corrected chi connectivity index (χ1v) is 7.16. The summed E-state index contributed by atoms with van der Waals surface area (Å²) in [5.74, 6) is -2.42. The van der Waals surface area contributed by atoms with Crippen molar-refractivity contribution in [2.24, 2.45) is 11.8 Å². The first-order chi connectivity index (χ1) is 10.5. The summed E-state index contributed by atoms with van der Waals surface area (Å²) in [6.07, 6.45) is -0.740. The van der Waals surface area contributed by atoms with Gasteiger partial charge < -0.3 is 9.84 Å². The number of carboxylic acids is 1. The number of benzene rings is 1. The van der Waals surface area contributed by atoms with E-state index in [1.165, 1.54) is 7.11 Å². The molecule has 0 radical (unpaired) electrons. The van der Waals surface area contributed by atoms with Crippen molar-refractivity contribution < 1.29 is 24.3 Å².